The minimum atomic E-state index is -0.488. The number of nitrogens with one attached hydrogen (secondary N) is 1. The van der Waals surface area contributed by atoms with Crippen molar-refractivity contribution in [2.75, 3.05) is 11.9 Å². The summed E-state index contributed by atoms with van der Waals surface area (Å²) in [5, 5.41) is 18.0. The number of nitro groups is 1. The Bertz CT molecular complexity index is 906. The van der Waals surface area contributed by atoms with Crippen LogP contribution in [-0.4, -0.2) is 33.3 Å². The van der Waals surface area contributed by atoms with Gasteiger partial charge in [0, 0.05) is 18.1 Å². The number of rotatable bonds is 6. The predicted molar refractivity (Wildman–Crippen MR) is 98.4 cm³/mol. The van der Waals surface area contributed by atoms with Crippen molar-refractivity contribution >= 4 is 17.3 Å². The summed E-state index contributed by atoms with van der Waals surface area (Å²) >= 11 is 0. The molecule has 1 aliphatic heterocycles. The largest absolute Gasteiger partial charge is 0.492 e. The zero-order valence-corrected chi connectivity index (χ0v) is 15.7. The molecule has 9 nitrogen and oxygen atoms in total. The lowest BCUT2D eigenvalue weighted by Crippen LogP contribution is -2.21. The molecule has 0 bridgehead atoms. The van der Waals surface area contributed by atoms with Crippen LogP contribution >= 0.6 is 0 Å². The number of aryl methyl sites for hydroxylation is 1. The second-order valence-electron chi connectivity index (χ2n) is 6.50. The normalized spacial score (nSPS) is 15.2. The van der Waals surface area contributed by atoms with Crippen molar-refractivity contribution in [3.63, 3.8) is 0 Å². The van der Waals surface area contributed by atoms with Crippen LogP contribution in [0.4, 0.5) is 11.4 Å². The zero-order chi connectivity index (χ0) is 19.7. The van der Waals surface area contributed by atoms with Crippen LogP contribution in [0, 0.1) is 24.0 Å². The average Bonchev–Trinajstić information content (AvgIpc) is 3.06. The molecule has 3 rings (SSSR count). The van der Waals surface area contributed by atoms with Crippen molar-refractivity contribution in [2.24, 2.45) is 0 Å². The minimum Gasteiger partial charge on any atom is -0.492 e. The van der Waals surface area contributed by atoms with Gasteiger partial charge in [0.15, 0.2) is 0 Å². The molecule has 9 heteroatoms. The molecule has 1 amide bonds. The number of amides is 1. The number of nitrogens with zero attached hydrogens (tertiary/aromatic N) is 3. The lowest BCUT2D eigenvalue weighted by Gasteiger charge is -2.14. The van der Waals surface area contributed by atoms with Crippen molar-refractivity contribution in [1.29, 1.82) is 0 Å². The Morgan fingerprint density at radius 2 is 2.22 bits per heavy atom. The van der Waals surface area contributed by atoms with Gasteiger partial charge in [-0.05, 0) is 33.8 Å². The van der Waals surface area contributed by atoms with Gasteiger partial charge in [-0.3, -0.25) is 19.6 Å². The minimum absolute atomic E-state index is 0.0716. The monoisotopic (exact) mass is 374 g/mol. The molecule has 0 fully saturated rings. The van der Waals surface area contributed by atoms with Gasteiger partial charge >= 0.3 is 5.69 Å². The Kier molecular flexibility index (Phi) is 5.02. The summed E-state index contributed by atoms with van der Waals surface area (Å²) < 4.78 is 12.7. The Labute approximate surface area is 156 Å². The topological polar surface area (TPSA) is 109 Å². The lowest BCUT2D eigenvalue weighted by molar-refractivity contribution is -0.386. The van der Waals surface area contributed by atoms with Crippen molar-refractivity contribution in [2.45, 2.75) is 46.8 Å². The number of carbonyl (C=O) groups is 1. The molecule has 144 valence electrons. The summed E-state index contributed by atoms with van der Waals surface area (Å²) in [5.41, 5.74) is 2.09. The fourth-order valence-electron chi connectivity index (χ4n) is 3.24. The summed E-state index contributed by atoms with van der Waals surface area (Å²) in [4.78, 5) is 23.1. The number of hydrogen-bond donors (Lipinski definition) is 1. The van der Waals surface area contributed by atoms with Crippen molar-refractivity contribution in [3.05, 3.63) is 39.2 Å². The maximum Gasteiger partial charge on any atom is 0.312 e. The van der Waals surface area contributed by atoms with Gasteiger partial charge in [-0.1, -0.05) is 0 Å². The number of carbonyl (C=O) groups excluding carboxylic acids is 1. The predicted octanol–water partition coefficient (Wildman–Crippen LogP) is 2.77. The van der Waals surface area contributed by atoms with Crippen LogP contribution in [0.3, 0.4) is 0 Å². The quantitative estimate of drug-likeness (QED) is 0.615. The summed E-state index contributed by atoms with van der Waals surface area (Å²) in [7, 11) is 0. The van der Waals surface area contributed by atoms with Crippen LogP contribution < -0.4 is 14.8 Å². The van der Waals surface area contributed by atoms with Gasteiger partial charge in [-0.15, -0.1) is 0 Å². The average molecular weight is 374 g/mol. The first-order valence-corrected chi connectivity index (χ1v) is 8.74. The molecule has 0 aliphatic carbocycles. The number of benzene rings is 1. The van der Waals surface area contributed by atoms with Gasteiger partial charge in [0.05, 0.1) is 17.2 Å². The van der Waals surface area contributed by atoms with E-state index in [1.54, 1.807) is 19.9 Å². The smallest absolute Gasteiger partial charge is 0.312 e. The highest BCUT2D eigenvalue weighted by Gasteiger charge is 2.25. The summed E-state index contributed by atoms with van der Waals surface area (Å²) in [6.45, 7) is 7.29. The molecule has 1 N–H and O–H groups in total. The van der Waals surface area contributed by atoms with E-state index < -0.39 is 4.92 Å². The highest BCUT2D eigenvalue weighted by atomic mass is 16.6. The van der Waals surface area contributed by atoms with E-state index in [2.05, 4.69) is 10.4 Å². The van der Waals surface area contributed by atoms with Crippen LogP contribution in [0.1, 0.15) is 30.8 Å². The number of anilines is 1. The van der Waals surface area contributed by atoms with Crippen molar-refractivity contribution in [3.8, 4) is 11.5 Å². The molecule has 1 aliphatic rings. The first-order chi connectivity index (χ1) is 12.8. The molecule has 2 aromatic rings. The van der Waals surface area contributed by atoms with E-state index >= 15 is 0 Å². The number of aromatic nitrogens is 2. The second-order valence-corrected chi connectivity index (χ2v) is 6.50. The van der Waals surface area contributed by atoms with E-state index in [-0.39, 0.29) is 29.9 Å². The van der Waals surface area contributed by atoms with Crippen molar-refractivity contribution < 1.29 is 19.2 Å². The van der Waals surface area contributed by atoms with E-state index in [0.29, 0.717) is 23.7 Å². The first-order valence-electron chi connectivity index (χ1n) is 8.74. The standard InChI is InChI=1S/C18H22N4O5/c1-5-26-16-7-13-6-10(2)27-15(13)8-14(16)19-17(23)9-21-12(4)18(22(24)25)11(3)20-21/h7-8,10H,5-6,9H2,1-4H3,(H,19,23). The lowest BCUT2D eigenvalue weighted by atomic mass is 10.1. The van der Waals surface area contributed by atoms with Crippen molar-refractivity contribution in [1.82, 2.24) is 9.78 Å². The fraction of sp³-hybridized carbons (Fsp3) is 0.444. The number of hydrogen-bond acceptors (Lipinski definition) is 6. The molecule has 1 aromatic heterocycles. The zero-order valence-electron chi connectivity index (χ0n) is 15.7. The van der Waals surface area contributed by atoms with Gasteiger partial charge in [0.2, 0.25) is 5.91 Å². The van der Waals surface area contributed by atoms with Gasteiger partial charge < -0.3 is 14.8 Å². The first kappa shape index (κ1) is 18.7. The molecule has 2 heterocycles. The molecular formula is C18H22N4O5. The third-order valence-electron chi connectivity index (χ3n) is 4.39. The van der Waals surface area contributed by atoms with Gasteiger partial charge in [0.25, 0.3) is 0 Å². The van der Waals surface area contributed by atoms with Crippen LogP contribution in [0.15, 0.2) is 12.1 Å². The molecule has 0 saturated heterocycles. The molecule has 0 spiro atoms. The van der Waals surface area contributed by atoms with Crippen LogP contribution in [-0.2, 0) is 17.8 Å². The van der Waals surface area contributed by atoms with Gasteiger partial charge in [-0.25, -0.2) is 0 Å². The summed E-state index contributed by atoms with van der Waals surface area (Å²) in [6.07, 6.45) is 0.870. The number of fused-ring (bicyclic) bond motifs is 1. The molecule has 1 unspecified atom stereocenters. The second kappa shape index (κ2) is 7.26. The molecule has 1 aromatic carbocycles. The Morgan fingerprint density at radius 1 is 1.48 bits per heavy atom. The molecule has 1 atom stereocenters. The van der Waals surface area contributed by atoms with E-state index in [9.17, 15) is 14.9 Å². The maximum atomic E-state index is 12.5. The summed E-state index contributed by atoms with van der Waals surface area (Å²) in [5.74, 6) is 0.937. The Morgan fingerprint density at radius 3 is 2.85 bits per heavy atom. The highest BCUT2D eigenvalue weighted by Crippen LogP contribution is 2.38. The fourth-order valence-corrected chi connectivity index (χ4v) is 3.24. The summed E-state index contributed by atoms with van der Waals surface area (Å²) in [6, 6.07) is 3.64. The molecule has 0 saturated carbocycles. The Balaban J connectivity index is 1.81. The molecule has 0 radical (unpaired) electrons. The van der Waals surface area contributed by atoms with E-state index in [1.165, 1.54) is 4.68 Å². The Hall–Kier alpha value is -3.10. The van der Waals surface area contributed by atoms with E-state index in [1.807, 2.05) is 19.9 Å². The SMILES string of the molecule is CCOc1cc2c(cc1NC(=O)Cn1nc(C)c([N+](=O)[O-])c1C)OC(C)C2. The number of ether oxygens (including phenoxy) is 2. The molecule has 27 heavy (non-hydrogen) atoms. The van der Waals surface area contributed by atoms with Gasteiger partial charge in [-0.2, -0.15) is 5.10 Å². The van der Waals surface area contributed by atoms with Crippen LogP contribution in [0.2, 0.25) is 0 Å². The van der Waals surface area contributed by atoms with E-state index in [0.717, 1.165) is 17.7 Å². The maximum absolute atomic E-state index is 12.5. The highest BCUT2D eigenvalue weighted by molar-refractivity contribution is 5.92. The third kappa shape index (κ3) is 3.71. The molecular weight excluding hydrogens is 352 g/mol. The van der Waals surface area contributed by atoms with Crippen LogP contribution in [0.25, 0.3) is 0 Å². The third-order valence-corrected chi connectivity index (χ3v) is 4.39. The van der Waals surface area contributed by atoms with Crippen LogP contribution in [0.5, 0.6) is 11.5 Å². The van der Waals surface area contributed by atoms with Gasteiger partial charge in [0.1, 0.15) is 35.5 Å². The van der Waals surface area contributed by atoms with E-state index in [4.69, 9.17) is 9.47 Å².